The normalized spacial score (nSPS) is 11.3. The summed E-state index contributed by atoms with van der Waals surface area (Å²) in [6.45, 7) is 2.21. The van der Waals surface area contributed by atoms with Gasteiger partial charge in [-0.3, -0.25) is 4.79 Å². The fourth-order valence-electron chi connectivity index (χ4n) is 2.00. The second-order valence-corrected chi connectivity index (χ2v) is 6.53. The molecule has 23 heavy (non-hydrogen) atoms. The van der Waals surface area contributed by atoms with Gasteiger partial charge in [0.15, 0.2) is 0 Å². The molecular weight excluding hydrogens is 306 g/mol. The van der Waals surface area contributed by atoms with Gasteiger partial charge in [-0.25, -0.2) is 0 Å². The third-order valence-corrected chi connectivity index (χ3v) is 4.27. The minimum atomic E-state index is -0.0962. The molecule has 2 rings (SSSR count). The van der Waals surface area contributed by atoms with Crippen LogP contribution >= 0.6 is 11.8 Å². The molecule has 2 N–H and O–H groups in total. The van der Waals surface area contributed by atoms with Crippen LogP contribution in [0.5, 0.6) is 0 Å². The van der Waals surface area contributed by atoms with Gasteiger partial charge in [-0.05, 0) is 24.3 Å². The number of hydrogen-bond donors (Lipinski definition) is 2. The first-order valence-electron chi connectivity index (χ1n) is 7.40. The van der Waals surface area contributed by atoms with Crippen LogP contribution in [0.2, 0.25) is 0 Å². The molecule has 2 aromatic carbocycles. The van der Waals surface area contributed by atoms with Crippen LogP contribution in [0, 0.1) is 11.3 Å². The third-order valence-electron chi connectivity index (χ3n) is 3.09. The Morgan fingerprint density at radius 1 is 1.17 bits per heavy atom. The van der Waals surface area contributed by atoms with Gasteiger partial charge in [0.2, 0.25) is 5.91 Å². The van der Waals surface area contributed by atoms with E-state index >= 15 is 0 Å². The van der Waals surface area contributed by atoms with E-state index in [4.69, 9.17) is 5.26 Å². The Bertz CT molecular complexity index is 682. The first kappa shape index (κ1) is 16.9. The molecule has 1 unspecified atom stereocenters. The van der Waals surface area contributed by atoms with Gasteiger partial charge in [0, 0.05) is 27.9 Å². The lowest BCUT2D eigenvalue weighted by molar-refractivity contribution is -0.114. The van der Waals surface area contributed by atoms with Gasteiger partial charge in [-0.15, -0.1) is 11.8 Å². The van der Waals surface area contributed by atoms with Crippen molar-refractivity contribution in [3.8, 4) is 6.07 Å². The van der Waals surface area contributed by atoms with Crippen LogP contribution in [-0.4, -0.2) is 17.7 Å². The van der Waals surface area contributed by atoms with Gasteiger partial charge in [0.25, 0.3) is 0 Å². The summed E-state index contributed by atoms with van der Waals surface area (Å²) in [6, 6.07) is 19.4. The number of amides is 1. The van der Waals surface area contributed by atoms with Crippen LogP contribution < -0.4 is 10.6 Å². The minimum Gasteiger partial charge on any atom is -0.375 e. The molecule has 0 bridgehead atoms. The molecule has 118 valence electrons. The van der Waals surface area contributed by atoms with E-state index in [0.717, 1.165) is 16.3 Å². The number of hydrogen-bond acceptors (Lipinski definition) is 4. The average Bonchev–Trinajstić information content (AvgIpc) is 2.55. The zero-order chi connectivity index (χ0) is 16.5. The summed E-state index contributed by atoms with van der Waals surface area (Å²) in [7, 11) is 0. The third kappa shape index (κ3) is 5.68. The van der Waals surface area contributed by atoms with Crippen molar-refractivity contribution in [1.82, 2.24) is 0 Å². The monoisotopic (exact) mass is 325 g/mol. The smallest absolute Gasteiger partial charge is 0.243 e. The molecule has 0 aromatic heterocycles. The quantitative estimate of drug-likeness (QED) is 0.751. The Balaban J connectivity index is 1.92. The van der Waals surface area contributed by atoms with E-state index in [1.54, 1.807) is 11.8 Å². The van der Waals surface area contributed by atoms with E-state index in [1.807, 2.05) is 61.5 Å². The molecular formula is C18H19N3OS. The number of nitrogens with one attached hydrogen (secondary N) is 2. The van der Waals surface area contributed by atoms with Crippen LogP contribution in [0.15, 0.2) is 59.5 Å². The van der Waals surface area contributed by atoms with Gasteiger partial charge < -0.3 is 10.6 Å². The van der Waals surface area contributed by atoms with E-state index in [-0.39, 0.29) is 17.7 Å². The predicted octanol–water partition coefficient (Wildman–Crippen LogP) is 4.13. The van der Waals surface area contributed by atoms with E-state index in [9.17, 15) is 4.79 Å². The first-order valence-corrected chi connectivity index (χ1v) is 8.28. The zero-order valence-corrected chi connectivity index (χ0v) is 13.8. The maximum Gasteiger partial charge on any atom is 0.243 e. The van der Waals surface area contributed by atoms with Crippen LogP contribution in [0.3, 0.4) is 0 Å². The number of nitrogens with zero attached hydrogens (tertiary/aromatic N) is 1. The highest BCUT2D eigenvalue weighted by Gasteiger charge is 2.09. The number of para-hydroxylation sites is 2. The zero-order valence-electron chi connectivity index (χ0n) is 13.0. The number of benzene rings is 2. The Kier molecular flexibility index (Phi) is 6.52. The summed E-state index contributed by atoms with van der Waals surface area (Å²) in [5.74, 6) is -0.0962. The summed E-state index contributed by atoms with van der Waals surface area (Å²) in [5.41, 5.74) is 1.69. The van der Waals surface area contributed by atoms with Crippen molar-refractivity contribution in [3.05, 3.63) is 54.6 Å². The van der Waals surface area contributed by atoms with E-state index in [2.05, 4.69) is 16.7 Å². The van der Waals surface area contributed by atoms with Crippen LogP contribution in [0.25, 0.3) is 0 Å². The molecule has 0 saturated heterocycles. The summed E-state index contributed by atoms with van der Waals surface area (Å²) in [6.07, 6.45) is 0.494. The van der Waals surface area contributed by atoms with E-state index in [0.29, 0.717) is 6.42 Å². The standard InChI is InChI=1S/C18H19N3OS/c1-14(11-12-19)23-17-10-6-5-9-16(17)20-13-18(22)21-15-7-3-2-4-8-15/h2-10,14,20H,11,13H2,1H3,(H,21,22). The van der Waals surface area contributed by atoms with Crippen molar-refractivity contribution in [2.45, 2.75) is 23.5 Å². The highest BCUT2D eigenvalue weighted by Crippen LogP contribution is 2.31. The topological polar surface area (TPSA) is 64.9 Å². The van der Waals surface area contributed by atoms with Crippen molar-refractivity contribution < 1.29 is 4.79 Å². The lowest BCUT2D eigenvalue weighted by atomic mass is 10.3. The fourth-order valence-corrected chi connectivity index (χ4v) is 3.02. The lowest BCUT2D eigenvalue weighted by Gasteiger charge is -2.14. The van der Waals surface area contributed by atoms with E-state index in [1.165, 1.54) is 0 Å². The largest absolute Gasteiger partial charge is 0.375 e. The van der Waals surface area contributed by atoms with Crippen molar-refractivity contribution in [2.75, 3.05) is 17.2 Å². The molecule has 2 aromatic rings. The molecule has 0 radical (unpaired) electrons. The van der Waals surface area contributed by atoms with Gasteiger partial charge in [-0.2, -0.15) is 5.26 Å². The highest BCUT2D eigenvalue weighted by atomic mass is 32.2. The van der Waals surface area contributed by atoms with Crippen molar-refractivity contribution >= 4 is 29.0 Å². The molecule has 0 aliphatic carbocycles. The lowest BCUT2D eigenvalue weighted by Crippen LogP contribution is -2.21. The molecule has 0 aliphatic heterocycles. The Morgan fingerprint density at radius 3 is 2.61 bits per heavy atom. The molecule has 0 aliphatic rings. The molecule has 4 nitrogen and oxygen atoms in total. The molecule has 1 amide bonds. The number of carbonyl (C=O) groups is 1. The van der Waals surface area contributed by atoms with Crippen LogP contribution in [-0.2, 0) is 4.79 Å². The van der Waals surface area contributed by atoms with Gasteiger partial charge >= 0.3 is 0 Å². The summed E-state index contributed by atoms with van der Waals surface area (Å²) in [4.78, 5) is 13.0. The molecule has 0 heterocycles. The van der Waals surface area contributed by atoms with Crippen molar-refractivity contribution in [3.63, 3.8) is 0 Å². The number of thioether (sulfide) groups is 1. The molecule has 0 spiro atoms. The van der Waals surface area contributed by atoms with Crippen LogP contribution in [0.1, 0.15) is 13.3 Å². The highest BCUT2D eigenvalue weighted by molar-refractivity contribution is 8.00. The summed E-state index contributed by atoms with van der Waals surface area (Å²) < 4.78 is 0. The molecule has 0 fully saturated rings. The number of rotatable bonds is 7. The maximum absolute atomic E-state index is 12.0. The first-order chi connectivity index (χ1) is 11.2. The molecule has 0 saturated carbocycles. The van der Waals surface area contributed by atoms with Gasteiger partial charge in [-0.1, -0.05) is 37.3 Å². The second-order valence-electron chi connectivity index (χ2n) is 5.05. The summed E-state index contributed by atoms with van der Waals surface area (Å²) in [5, 5.41) is 15.0. The second kappa shape index (κ2) is 8.86. The predicted molar refractivity (Wildman–Crippen MR) is 95.6 cm³/mol. The SMILES string of the molecule is CC(CC#N)Sc1ccccc1NCC(=O)Nc1ccccc1. The maximum atomic E-state index is 12.0. The fraction of sp³-hybridized carbons (Fsp3) is 0.222. The van der Waals surface area contributed by atoms with E-state index < -0.39 is 0 Å². The Morgan fingerprint density at radius 2 is 1.87 bits per heavy atom. The number of nitriles is 1. The Labute approximate surface area is 140 Å². The molecule has 1 atom stereocenters. The minimum absolute atomic E-state index is 0.0962. The van der Waals surface area contributed by atoms with Crippen molar-refractivity contribution in [2.24, 2.45) is 0 Å². The Hall–Kier alpha value is -2.45. The average molecular weight is 325 g/mol. The number of anilines is 2. The van der Waals surface area contributed by atoms with Crippen molar-refractivity contribution in [1.29, 1.82) is 5.26 Å². The van der Waals surface area contributed by atoms with Crippen LogP contribution in [0.4, 0.5) is 11.4 Å². The number of carbonyl (C=O) groups excluding carboxylic acids is 1. The molecule has 5 heteroatoms. The van der Waals surface area contributed by atoms with Gasteiger partial charge in [0.05, 0.1) is 12.6 Å². The summed E-state index contributed by atoms with van der Waals surface area (Å²) >= 11 is 1.63. The van der Waals surface area contributed by atoms with Gasteiger partial charge in [0.1, 0.15) is 0 Å².